The van der Waals surface area contributed by atoms with Crippen molar-refractivity contribution >= 4 is 11.6 Å². The first kappa shape index (κ1) is 14.4. The van der Waals surface area contributed by atoms with Crippen molar-refractivity contribution in [2.24, 2.45) is 7.05 Å². The number of hydrogen-bond acceptors (Lipinski definition) is 4. The molecule has 23 heavy (non-hydrogen) atoms. The number of aryl methyl sites for hydroxylation is 1. The van der Waals surface area contributed by atoms with Crippen molar-refractivity contribution in [3.63, 3.8) is 0 Å². The lowest BCUT2D eigenvalue weighted by molar-refractivity contribution is 0.204. The van der Waals surface area contributed by atoms with Gasteiger partial charge in [-0.05, 0) is 30.3 Å². The van der Waals surface area contributed by atoms with Gasteiger partial charge in [0.1, 0.15) is 5.82 Å². The molecule has 0 saturated carbocycles. The molecule has 0 atom stereocenters. The lowest BCUT2D eigenvalue weighted by Gasteiger charge is -2.27. The van der Waals surface area contributed by atoms with Gasteiger partial charge in [0.05, 0.1) is 12.2 Å². The van der Waals surface area contributed by atoms with Gasteiger partial charge >= 0.3 is 0 Å². The lowest BCUT2D eigenvalue weighted by Crippen LogP contribution is -2.34. The van der Waals surface area contributed by atoms with Crippen LogP contribution in [0.3, 0.4) is 0 Å². The zero-order valence-electron chi connectivity index (χ0n) is 12.9. The Morgan fingerprint density at radius 2 is 1.91 bits per heavy atom. The van der Waals surface area contributed by atoms with Crippen LogP contribution in [0.2, 0.25) is 5.02 Å². The molecule has 0 amide bonds. The van der Waals surface area contributed by atoms with Gasteiger partial charge in [-0.1, -0.05) is 11.6 Å². The summed E-state index contributed by atoms with van der Waals surface area (Å²) in [6.07, 6.45) is 1.83. The van der Waals surface area contributed by atoms with Crippen LogP contribution in [0.1, 0.15) is 11.5 Å². The fourth-order valence-electron chi connectivity index (χ4n) is 2.94. The Balaban J connectivity index is 1.55. The molecule has 0 saturated heterocycles. The second kappa shape index (κ2) is 5.79. The predicted molar refractivity (Wildman–Crippen MR) is 87.8 cm³/mol. The van der Waals surface area contributed by atoms with E-state index in [1.54, 1.807) is 0 Å². The summed E-state index contributed by atoms with van der Waals surface area (Å²) in [5, 5.41) is 13.7. The maximum Gasteiger partial charge on any atom is 0.164 e. The van der Waals surface area contributed by atoms with Crippen LogP contribution >= 0.6 is 11.6 Å². The first-order valence-electron chi connectivity index (χ1n) is 7.58. The fourth-order valence-corrected chi connectivity index (χ4v) is 3.07. The Bertz CT molecular complexity index is 819. The highest BCUT2D eigenvalue weighted by molar-refractivity contribution is 6.30. The van der Waals surface area contributed by atoms with E-state index in [1.165, 1.54) is 5.69 Å². The van der Waals surface area contributed by atoms with E-state index in [-0.39, 0.29) is 0 Å². The number of benzene rings is 1. The number of nitrogens with zero attached hydrogens (tertiary/aromatic N) is 6. The summed E-state index contributed by atoms with van der Waals surface area (Å²) in [6.45, 7) is 3.53. The molecule has 2 aromatic heterocycles. The van der Waals surface area contributed by atoms with Gasteiger partial charge in [0.15, 0.2) is 5.82 Å². The quantitative estimate of drug-likeness (QED) is 0.740. The summed E-state index contributed by atoms with van der Waals surface area (Å²) in [6, 6.07) is 9.80. The van der Waals surface area contributed by atoms with Crippen LogP contribution in [0.25, 0.3) is 11.4 Å². The van der Waals surface area contributed by atoms with Gasteiger partial charge in [0.2, 0.25) is 0 Å². The van der Waals surface area contributed by atoms with Crippen molar-refractivity contribution in [1.29, 1.82) is 0 Å². The largest absolute Gasteiger partial charge is 0.309 e. The summed E-state index contributed by atoms with van der Waals surface area (Å²) in [5.74, 6) is 1.92. The Morgan fingerprint density at radius 1 is 1.09 bits per heavy atom. The molecule has 7 heteroatoms. The van der Waals surface area contributed by atoms with E-state index >= 15 is 0 Å². The summed E-state index contributed by atoms with van der Waals surface area (Å²) in [5.41, 5.74) is 2.25. The van der Waals surface area contributed by atoms with Crippen LogP contribution in [0.15, 0.2) is 36.5 Å². The average molecular weight is 329 g/mol. The minimum Gasteiger partial charge on any atom is -0.309 e. The van der Waals surface area contributed by atoms with Crippen LogP contribution in [-0.2, 0) is 26.7 Å². The van der Waals surface area contributed by atoms with Crippen molar-refractivity contribution in [1.82, 2.24) is 29.4 Å². The number of aromatic nitrogens is 5. The fraction of sp³-hybridized carbons (Fsp3) is 0.312. The van der Waals surface area contributed by atoms with Gasteiger partial charge in [-0.25, -0.2) is 0 Å². The Hall–Kier alpha value is -2.18. The van der Waals surface area contributed by atoms with Crippen LogP contribution in [0.5, 0.6) is 0 Å². The second-order valence-electron chi connectivity index (χ2n) is 5.76. The number of hydrogen-bond donors (Lipinski definition) is 0. The molecule has 1 aliphatic rings. The standard InChI is InChI=1S/C16H17ClN6/c1-21-14(6-7-18-21)10-22-8-9-23-15(11-22)19-20-16(23)12-2-4-13(17)5-3-12/h2-7H,8-11H2,1H3. The molecule has 3 heterocycles. The highest BCUT2D eigenvalue weighted by Gasteiger charge is 2.22. The first-order chi connectivity index (χ1) is 11.2. The molecule has 0 aliphatic carbocycles. The van der Waals surface area contributed by atoms with Gasteiger partial charge < -0.3 is 4.57 Å². The second-order valence-corrected chi connectivity index (χ2v) is 6.19. The number of halogens is 1. The summed E-state index contributed by atoms with van der Waals surface area (Å²) in [4.78, 5) is 2.37. The van der Waals surface area contributed by atoms with Gasteiger partial charge in [-0.3, -0.25) is 9.58 Å². The lowest BCUT2D eigenvalue weighted by atomic mass is 10.2. The smallest absolute Gasteiger partial charge is 0.164 e. The molecule has 0 radical (unpaired) electrons. The number of rotatable bonds is 3. The number of fused-ring (bicyclic) bond motifs is 1. The summed E-state index contributed by atoms with van der Waals surface area (Å²) < 4.78 is 4.11. The van der Waals surface area contributed by atoms with Crippen molar-refractivity contribution in [3.8, 4) is 11.4 Å². The van der Waals surface area contributed by atoms with Crippen molar-refractivity contribution in [2.45, 2.75) is 19.6 Å². The highest BCUT2D eigenvalue weighted by atomic mass is 35.5. The van der Waals surface area contributed by atoms with E-state index in [1.807, 2.05) is 42.2 Å². The van der Waals surface area contributed by atoms with Gasteiger partial charge in [0, 0.05) is 43.5 Å². The van der Waals surface area contributed by atoms with Gasteiger partial charge in [-0.2, -0.15) is 5.10 Å². The molecule has 3 aromatic rings. The van der Waals surface area contributed by atoms with Crippen LogP contribution in [-0.4, -0.2) is 36.0 Å². The topological polar surface area (TPSA) is 51.8 Å². The molecule has 1 aromatic carbocycles. The molecule has 118 valence electrons. The van der Waals surface area contributed by atoms with E-state index in [2.05, 4.69) is 30.8 Å². The zero-order valence-corrected chi connectivity index (χ0v) is 13.6. The average Bonchev–Trinajstić information content (AvgIpc) is 3.15. The van der Waals surface area contributed by atoms with Crippen LogP contribution in [0.4, 0.5) is 0 Å². The molecule has 1 aliphatic heterocycles. The molecule has 0 bridgehead atoms. The zero-order chi connectivity index (χ0) is 15.8. The minimum atomic E-state index is 0.731. The van der Waals surface area contributed by atoms with Crippen molar-refractivity contribution in [2.75, 3.05) is 6.54 Å². The molecule has 0 N–H and O–H groups in total. The predicted octanol–water partition coefficient (Wildman–Crippen LogP) is 2.35. The Kier molecular flexibility index (Phi) is 3.63. The Labute approximate surface area is 139 Å². The minimum absolute atomic E-state index is 0.731. The van der Waals surface area contributed by atoms with E-state index < -0.39 is 0 Å². The van der Waals surface area contributed by atoms with E-state index in [0.717, 1.165) is 48.4 Å². The molecule has 0 unspecified atom stereocenters. The van der Waals surface area contributed by atoms with Gasteiger partial charge in [0.25, 0.3) is 0 Å². The normalized spacial score (nSPS) is 14.9. The van der Waals surface area contributed by atoms with Crippen molar-refractivity contribution < 1.29 is 0 Å². The monoisotopic (exact) mass is 328 g/mol. The third-order valence-corrected chi connectivity index (χ3v) is 4.49. The third-order valence-electron chi connectivity index (χ3n) is 4.24. The highest BCUT2D eigenvalue weighted by Crippen LogP contribution is 2.23. The molecule has 6 nitrogen and oxygen atoms in total. The molecule has 0 spiro atoms. The molecule has 4 rings (SSSR count). The van der Waals surface area contributed by atoms with Crippen molar-refractivity contribution in [3.05, 3.63) is 53.1 Å². The Morgan fingerprint density at radius 3 is 2.65 bits per heavy atom. The first-order valence-corrected chi connectivity index (χ1v) is 7.96. The van der Waals surface area contributed by atoms with Gasteiger partial charge in [-0.15, -0.1) is 10.2 Å². The molecular weight excluding hydrogens is 312 g/mol. The maximum atomic E-state index is 5.96. The van der Waals surface area contributed by atoms with Crippen LogP contribution < -0.4 is 0 Å². The molecule has 0 fully saturated rings. The molecular formula is C16H17ClN6. The van der Waals surface area contributed by atoms with E-state index in [9.17, 15) is 0 Å². The maximum absolute atomic E-state index is 5.96. The third kappa shape index (κ3) is 2.75. The van der Waals surface area contributed by atoms with E-state index in [4.69, 9.17) is 11.6 Å². The van der Waals surface area contributed by atoms with Crippen LogP contribution in [0, 0.1) is 0 Å². The summed E-state index contributed by atoms with van der Waals surface area (Å²) in [7, 11) is 1.97. The SMILES string of the molecule is Cn1nccc1CN1CCn2c(nnc2-c2ccc(Cl)cc2)C1. The van der Waals surface area contributed by atoms with E-state index in [0.29, 0.717) is 0 Å². The summed E-state index contributed by atoms with van der Waals surface area (Å²) >= 11 is 5.96.